The molecule has 2 N–H and O–H groups in total. The van der Waals surface area contributed by atoms with Gasteiger partial charge < -0.3 is 20.0 Å². The van der Waals surface area contributed by atoms with Crippen LogP contribution in [0.1, 0.15) is 10.4 Å². The molecule has 16 heteroatoms. The summed E-state index contributed by atoms with van der Waals surface area (Å²) in [4.78, 5) is 40.0. The number of piperazine rings is 1. The number of thioether (sulfide) groups is 1. The third kappa shape index (κ3) is 5.57. The largest absolute Gasteiger partial charge is 0.461 e. The van der Waals surface area contributed by atoms with Gasteiger partial charge in [-0.15, -0.1) is 5.10 Å². The SMILES string of the molecule is CSCCN(C)C(=O)c1cc(N2CCN(CCn3c(=O)sc4c3nc(N)n3nc(-c5ccco5)nc43)CC2)c(F)cc1F. The van der Waals surface area contributed by atoms with Crippen molar-refractivity contribution in [3.05, 3.63) is 57.4 Å². The van der Waals surface area contributed by atoms with Crippen molar-refractivity contribution in [3.63, 3.8) is 0 Å². The number of halogens is 2. The maximum Gasteiger partial charge on any atom is 0.309 e. The van der Waals surface area contributed by atoms with Crippen molar-refractivity contribution >= 4 is 56.6 Å². The molecule has 0 bridgehead atoms. The predicted octanol–water partition coefficient (Wildman–Crippen LogP) is 2.88. The molecule has 1 amide bonds. The second-order valence-corrected chi connectivity index (χ2v) is 12.1. The van der Waals surface area contributed by atoms with Crippen molar-refractivity contribution in [2.75, 3.05) is 69.0 Å². The van der Waals surface area contributed by atoms with E-state index in [4.69, 9.17) is 10.2 Å². The lowest BCUT2D eigenvalue weighted by Crippen LogP contribution is -2.47. The molecule has 5 heterocycles. The van der Waals surface area contributed by atoms with Crippen LogP contribution in [0.3, 0.4) is 0 Å². The number of rotatable bonds is 9. The monoisotopic (exact) mass is 629 g/mol. The zero-order valence-corrected chi connectivity index (χ0v) is 25.1. The number of nitrogens with two attached hydrogens (primary N) is 1. The van der Waals surface area contributed by atoms with Crippen LogP contribution < -0.4 is 15.5 Å². The molecule has 0 saturated carbocycles. The summed E-state index contributed by atoms with van der Waals surface area (Å²) in [5.41, 5.74) is 7.10. The molecule has 0 unspecified atom stereocenters. The number of furan rings is 1. The molecule has 1 aliphatic heterocycles. The Morgan fingerprint density at radius 2 is 1.93 bits per heavy atom. The highest BCUT2D eigenvalue weighted by molar-refractivity contribution is 7.98. The number of thiazole rings is 1. The fourth-order valence-corrected chi connectivity index (χ4v) is 6.46. The Balaban J connectivity index is 1.15. The van der Waals surface area contributed by atoms with Gasteiger partial charge >= 0.3 is 4.87 Å². The van der Waals surface area contributed by atoms with Gasteiger partial charge in [-0.3, -0.25) is 19.1 Å². The molecule has 0 atom stereocenters. The first-order valence-electron chi connectivity index (χ1n) is 13.6. The first kappa shape index (κ1) is 29.1. The average molecular weight is 630 g/mol. The van der Waals surface area contributed by atoms with Crippen LogP contribution in [-0.4, -0.2) is 98.2 Å². The van der Waals surface area contributed by atoms with Crippen LogP contribution in [-0.2, 0) is 6.54 Å². The molecular weight excluding hydrogens is 600 g/mol. The molecule has 12 nitrogen and oxygen atoms in total. The summed E-state index contributed by atoms with van der Waals surface area (Å²) in [6, 6.07) is 5.56. The van der Waals surface area contributed by atoms with Gasteiger partial charge in [0.2, 0.25) is 11.8 Å². The molecule has 6 rings (SSSR count). The Bertz CT molecular complexity index is 1850. The smallest absolute Gasteiger partial charge is 0.309 e. The van der Waals surface area contributed by atoms with Gasteiger partial charge in [0.1, 0.15) is 16.3 Å². The van der Waals surface area contributed by atoms with E-state index in [2.05, 4.69) is 20.0 Å². The van der Waals surface area contributed by atoms with Crippen molar-refractivity contribution < 1.29 is 18.0 Å². The van der Waals surface area contributed by atoms with Crippen LogP contribution in [0.5, 0.6) is 0 Å². The minimum absolute atomic E-state index is 0.0996. The van der Waals surface area contributed by atoms with Gasteiger partial charge in [-0.2, -0.15) is 21.3 Å². The normalized spacial score (nSPS) is 14.3. The number of anilines is 2. The van der Waals surface area contributed by atoms with E-state index >= 15 is 0 Å². The van der Waals surface area contributed by atoms with Gasteiger partial charge in [-0.05, 0) is 24.5 Å². The summed E-state index contributed by atoms with van der Waals surface area (Å²) in [6.07, 6.45) is 3.45. The molecule has 1 saturated heterocycles. The van der Waals surface area contributed by atoms with E-state index in [9.17, 15) is 18.4 Å². The summed E-state index contributed by atoms with van der Waals surface area (Å²) in [7, 11) is 1.61. The maximum atomic E-state index is 14.8. The summed E-state index contributed by atoms with van der Waals surface area (Å²) in [6.45, 7) is 3.49. The topological polar surface area (TPSA) is 131 Å². The highest BCUT2D eigenvalue weighted by Crippen LogP contribution is 2.27. The van der Waals surface area contributed by atoms with Gasteiger partial charge in [0.25, 0.3) is 5.91 Å². The number of benzene rings is 1. The molecule has 4 aromatic heterocycles. The molecule has 0 aliphatic carbocycles. The Hall–Kier alpha value is -4.02. The number of amides is 1. The Morgan fingerprint density at radius 1 is 1.14 bits per heavy atom. The van der Waals surface area contributed by atoms with E-state index in [-0.39, 0.29) is 22.1 Å². The van der Waals surface area contributed by atoms with Gasteiger partial charge in [-0.25, -0.2) is 13.8 Å². The fraction of sp³-hybridized carbons (Fsp3) is 0.370. The van der Waals surface area contributed by atoms with E-state index in [1.54, 1.807) is 35.5 Å². The lowest BCUT2D eigenvalue weighted by molar-refractivity contribution is 0.0799. The summed E-state index contributed by atoms with van der Waals surface area (Å²) in [5.74, 6) is -0.420. The number of aromatic nitrogens is 5. The van der Waals surface area contributed by atoms with E-state index in [0.29, 0.717) is 79.1 Å². The molecule has 0 spiro atoms. The van der Waals surface area contributed by atoms with Crippen LogP contribution in [0.15, 0.2) is 39.7 Å². The van der Waals surface area contributed by atoms with Gasteiger partial charge in [0.05, 0.1) is 17.5 Å². The van der Waals surface area contributed by atoms with Crippen LogP contribution in [0.4, 0.5) is 20.4 Å². The van der Waals surface area contributed by atoms with Crippen molar-refractivity contribution in [2.45, 2.75) is 6.54 Å². The second-order valence-electron chi connectivity index (χ2n) is 10.1. The number of carbonyl (C=O) groups excluding carboxylic acids is 1. The summed E-state index contributed by atoms with van der Waals surface area (Å²) in [5, 5.41) is 4.38. The number of nitrogens with zero attached hydrogens (tertiary/aromatic N) is 8. The van der Waals surface area contributed by atoms with Crippen LogP contribution >= 0.6 is 23.1 Å². The van der Waals surface area contributed by atoms with E-state index in [1.807, 2.05) is 11.2 Å². The molecule has 43 heavy (non-hydrogen) atoms. The highest BCUT2D eigenvalue weighted by Gasteiger charge is 2.25. The van der Waals surface area contributed by atoms with Gasteiger partial charge in [0.15, 0.2) is 17.1 Å². The molecule has 226 valence electrons. The number of hydrogen-bond acceptors (Lipinski definition) is 11. The molecular formula is C27H29F2N9O3S2. The van der Waals surface area contributed by atoms with Crippen LogP contribution in [0, 0.1) is 11.6 Å². The summed E-state index contributed by atoms with van der Waals surface area (Å²) >= 11 is 2.61. The molecule has 1 aromatic carbocycles. The zero-order valence-electron chi connectivity index (χ0n) is 23.5. The standard InChI is InChI=1S/C27H29F2N9O3S2/c1-34(11-13-42-2)25(39)16-14-19(18(29)15-17(16)28)36-8-5-35(6-9-36)7-10-37-23-21(43-27(37)40)24-31-22(20-4-3-12-41-20)33-38(24)26(30)32-23/h3-4,12,14-15H,5-11,13H2,1-2H3,(H2,30,32). The maximum absolute atomic E-state index is 14.8. The molecule has 1 fully saturated rings. The van der Waals surface area contributed by atoms with Crippen molar-refractivity contribution in [1.82, 2.24) is 33.9 Å². The quantitative estimate of drug-likeness (QED) is 0.260. The lowest BCUT2D eigenvalue weighted by Gasteiger charge is -2.36. The minimum atomic E-state index is -0.871. The average Bonchev–Trinajstić information content (AvgIpc) is 3.74. The van der Waals surface area contributed by atoms with Crippen LogP contribution in [0.25, 0.3) is 27.6 Å². The lowest BCUT2D eigenvalue weighted by atomic mass is 10.1. The Kier molecular flexibility index (Phi) is 8.07. The molecule has 0 radical (unpaired) electrons. The number of nitrogen functional groups attached to an aromatic ring is 1. The minimum Gasteiger partial charge on any atom is -0.461 e. The highest BCUT2D eigenvalue weighted by atomic mass is 32.2. The number of carbonyl (C=O) groups is 1. The Morgan fingerprint density at radius 3 is 2.65 bits per heavy atom. The van der Waals surface area contributed by atoms with E-state index < -0.39 is 17.5 Å². The van der Waals surface area contributed by atoms with Crippen molar-refractivity contribution in [3.8, 4) is 11.6 Å². The van der Waals surface area contributed by atoms with Gasteiger partial charge in [-0.1, -0.05) is 11.3 Å². The predicted molar refractivity (Wildman–Crippen MR) is 163 cm³/mol. The van der Waals surface area contributed by atoms with E-state index in [0.717, 1.165) is 17.4 Å². The first-order valence-corrected chi connectivity index (χ1v) is 15.8. The molecule has 1 aliphatic rings. The third-order valence-electron chi connectivity index (χ3n) is 7.46. The van der Waals surface area contributed by atoms with Crippen molar-refractivity contribution in [2.24, 2.45) is 0 Å². The second kappa shape index (κ2) is 11.9. The first-order chi connectivity index (χ1) is 20.7. The van der Waals surface area contributed by atoms with Crippen LogP contribution in [0.2, 0.25) is 0 Å². The van der Waals surface area contributed by atoms with E-state index in [1.165, 1.54) is 21.7 Å². The fourth-order valence-electron chi connectivity index (χ4n) is 5.07. The Labute approximate surface area is 252 Å². The van der Waals surface area contributed by atoms with Gasteiger partial charge in [0, 0.05) is 64.7 Å². The van der Waals surface area contributed by atoms with Crippen molar-refractivity contribution in [1.29, 1.82) is 0 Å². The number of hydrogen-bond donors (Lipinski definition) is 1. The zero-order chi connectivity index (χ0) is 30.2. The number of fused-ring (bicyclic) bond motifs is 3. The summed E-state index contributed by atoms with van der Waals surface area (Å²) < 4.78 is 38.4. The molecule has 5 aromatic rings. The third-order valence-corrected chi connectivity index (χ3v) is 9.01.